The quantitative estimate of drug-likeness (QED) is 0.750. The van der Waals surface area contributed by atoms with Gasteiger partial charge in [-0.15, -0.1) is 0 Å². The molecule has 0 aliphatic rings. The molecule has 0 unspecified atom stereocenters. The maximum Gasteiger partial charge on any atom is 0.354 e. The number of aromatic carboxylic acids is 1. The molecule has 17 heavy (non-hydrogen) atoms. The average molecular weight is 291 g/mol. The van der Waals surface area contributed by atoms with Crippen molar-refractivity contribution < 1.29 is 9.90 Å². The first kappa shape index (κ1) is 10.3. The summed E-state index contributed by atoms with van der Waals surface area (Å²) in [6, 6.07) is 7.69. The van der Waals surface area contributed by atoms with Gasteiger partial charge in [0.15, 0.2) is 5.69 Å². The Hall–Kier alpha value is -1.88. The van der Waals surface area contributed by atoms with Crippen LogP contribution in [0.4, 0.5) is 0 Å². The van der Waals surface area contributed by atoms with Crippen molar-refractivity contribution in [3.63, 3.8) is 0 Å². The van der Waals surface area contributed by atoms with Gasteiger partial charge in [-0.05, 0) is 29.7 Å². The van der Waals surface area contributed by atoms with Gasteiger partial charge in [-0.25, -0.2) is 9.78 Å². The monoisotopic (exact) mass is 290 g/mol. The van der Waals surface area contributed by atoms with Gasteiger partial charge in [0, 0.05) is 16.1 Å². The van der Waals surface area contributed by atoms with Gasteiger partial charge in [-0.2, -0.15) is 0 Å². The molecule has 0 atom stereocenters. The summed E-state index contributed by atoms with van der Waals surface area (Å²) in [6.07, 6.45) is 3.10. The van der Waals surface area contributed by atoms with Crippen LogP contribution in [0.5, 0.6) is 0 Å². The third-order valence-corrected chi connectivity index (χ3v) is 3.17. The lowest BCUT2D eigenvalue weighted by Gasteiger charge is -2.02. The predicted molar refractivity (Wildman–Crippen MR) is 67.4 cm³/mol. The molecule has 3 aromatic rings. The van der Waals surface area contributed by atoms with Crippen LogP contribution in [0, 0.1) is 0 Å². The molecule has 84 valence electrons. The van der Waals surface area contributed by atoms with Gasteiger partial charge in [-0.1, -0.05) is 15.9 Å². The fourth-order valence-corrected chi connectivity index (χ4v) is 2.28. The maximum absolute atomic E-state index is 11.0. The van der Waals surface area contributed by atoms with Crippen molar-refractivity contribution in [2.75, 3.05) is 0 Å². The van der Waals surface area contributed by atoms with Crippen molar-refractivity contribution in [2.45, 2.75) is 0 Å². The smallest absolute Gasteiger partial charge is 0.354 e. The second-order valence-electron chi connectivity index (χ2n) is 3.69. The van der Waals surface area contributed by atoms with Crippen LogP contribution >= 0.6 is 15.9 Å². The van der Waals surface area contributed by atoms with Crippen molar-refractivity contribution in [3.05, 3.63) is 46.8 Å². The van der Waals surface area contributed by atoms with Gasteiger partial charge < -0.3 is 5.11 Å². The first-order chi connectivity index (χ1) is 8.16. The molecule has 0 amide bonds. The summed E-state index contributed by atoms with van der Waals surface area (Å²) in [7, 11) is 0. The lowest BCUT2D eigenvalue weighted by molar-refractivity contribution is 0.0689. The number of halogens is 1. The van der Waals surface area contributed by atoms with Crippen molar-refractivity contribution in [1.82, 2.24) is 9.38 Å². The van der Waals surface area contributed by atoms with E-state index >= 15 is 0 Å². The molecular weight excluding hydrogens is 284 g/mol. The number of aromatic nitrogens is 2. The number of rotatable bonds is 1. The maximum atomic E-state index is 11.0. The number of benzene rings is 1. The van der Waals surface area contributed by atoms with Crippen LogP contribution in [-0.4, -0.2) is 20.5 Å². The highest BCUT2D eigenvalue weighted by Crippen LogP contribution is 2.23. The first-order valence-electron chi connectivity index (χ1n) is 4.95. The number of hydrogen-bond donors (Lipinski definition) is 1. The zero-order chi connectivity index (χ0) is 12.0. The summed E-state index contributed by atoms with van der Waals surface area (Å²) in [4.78, 5) is 15.2. The van der Waals surface area contributed by atoms with Crippen LogP contribution in [-0.2, 0) is 0 Å². The van der Waals surface area contributed by atoms with Crippen molar-refractivity contribution in [1.29, 1.82) is 0 Å². The molecule has 5 heteroatoms. The Bertz CT molecular complexity index is 749. The summed E-state index contributed by atoms with van der Waals surface area (Å²) in [6.45, 7) is 0. The molecule has 0 bridgehead atoms. The number of carbonyl (C=O) groups is 1. The molecule has 0 fully saturated rings. The minimum Gasteiger partial charge on any atom is -0.477 e. The van der Waals surface area contributed by atoms with E-state index in [2.05, 4.69) is 20.9 Å². The predicted octanol–water partition coefficient (Wildman–Crippen LogP) is 2.95. The minimum absolute atomic E-state index is 0.171. The number of carboxylic acids is 1. The van der Waals surface area contributed by atoms with Crippen molar-refractivity contribution >= 4 is 38.3 Å². The molecule has 2 heterocycles. The number of fused-ring (bicyclic) bond motifs is 3. The molecule has 0 radical (unpaired) electrons. The number of imidazole rings is 1. The van der Waals surface area contributed by atoms with Crippen LogP contribution in [0.25, 0.3) is 16.4 Å². The Balaban J connectivity index is 2.45. The molecule has 0 saturated heterocycles. The Labute approximate surface area is 105 Å². The largest absolute Gasteiger partial charge is 0.477 e. The molecule has 2 aromatic heterocycles. The van der Waals surface area contributed by atoms with E-state index in [1.165, 1.54) is 6.20 Å². The summed E-state index contributed by atoms with van der Waals surface area (Å²) in [5.41, 5.74) is 0.831. The number of pyridine rings is 1. The highest BCUT2D eigenvalue weighted by molar-refractivity contribution is 9.10. The molecule has 0 spiro atoms. The third-order valence-electron chi connectivity index (χ3n) is 2.67. The SMILES string of the molecule is O=C(O)c1cnc2c3ccc(Br)cc3ccn12. The molecule has 0 aliphatic carbocycles. The standard InChI is InChI=1S/C12H7BrN2O2/c13-8-1-2-9-7(5-8)3-4-15-10(12(16)17)6-14-11(9)15/h1-6H,(H,16,17). The molecule has 4 nitrogen and oxygen atoms in total. The van der Waals surface area contributed by atoms with Crippen molar-refractivity contribution in [3.8, 4) is 0 Å². The lowest BCUT2D eigenvalue weighted by atomic mass is 10.2. The van der Waals surface area contributed by atoms with Gasteiger partial charge in [-0.3, -0.25) is 4.40 Å². The van der Waals surface area contributed by atoms with E-state index in [9.17, 15) is 4.79 Å². The Kier molecular flexibility index (Phi) is 2.16. The topological polar surface area (TPSA) is 54.6 Å². The number of nitrogens with zero attached hydrogens (tertiary/aromatic N) is 2. The van der Waals surface area contributed by atoms with Crippen molar-refractivity contribution in [2.24, 2.45) is 0 Å². The molecule has 0 aliphatic heterocycles. The van der Waals surface area contributed by atoms with E-state index < -0.39 is 5.97 Å². The highest BCUT2D eigenvalue weighted by atomic mass is 79.9. The van der Waals surface area contributed by atoms with Crippen LogP contribution in [0.3, 0.4) is 0 Å². The van der Waals surface area contributed by atoms with E-state index in [0.29, 0.717) is 5.65 Å². The fraction of sp³-hybridized carbons (Fsp3) is 0. The lowest BCUT2D eigenvalue weighted by Crippen LogP contribution is -2.01. The molecule has 1 N–H and O–H groups in total. The van der Waals surface area contributed by atoms with E-state index in [1.54, 1.807) is 10.6 Å². The second kappa shape index (κ2) is 3.56. The molecule has 0 saturated carbocycles. The van der Waals surface area contributed by atoms with E-state index in [1.807, 2.05) is 24.3 Å². The first-order valence-corrected chi connectivity index (χ1v) is 5.75. The second-order valence-corrected chi connectivity index (χ2v) is 4.61. The van der Waals surface area contributed by atoms with Crippen LogP contribution in [0.15, 0.2) is 41.1 Å². The number of hydrogen-bond acceptors (Lipinski definition) is 2. The Morgan fingerprint density at radius 3 is 2.94 bits per heavy atom. The average Bonchev–Trinajstić information content (AvgIpc) is 2.72. The van der Waals surface area contributed by atoms with Crippen LogP contribution in [0.1, 0.15) is 10.5 Å². The van der Waals surface area contributed by atoms with E-state index in [4.69, 9.17) is 5.11 Å². The van der Waals surface area contributed by atoms with Gasteiger partial charge in [0.05, 0.1) is 6.20 Å². The van der Waals surface area contributed by atoms with Gasteiger partial charge in [0.1, 0.15) is 5.65 Å². The highest BCUT2D eigenvalue weighted by Gasteiger charge is 2.11. The zero-order valence-corrected chi connectivity index (χ0v) is 10.2. The normalized spacial score (nSPS) is 11.1. The molecular formula is C12H7BrN2O2. The van der Waals surface area contributed by atoms with Gasteiger partial charge in [0.2, 0.25) is 0 Å². The van der Waals surface area contributed by atoms with Gasteiger partial charge >= 0.3 is 5.97 Å². The third kappa shape index (κ3) is 1.51. The summed E-state index contributed by atoms with van der Waals surface area (Å²) >= 11 is 3.40. The Morgan fingerprint density at radius 2 is 2.18 bits per heavy atom. The zero-order valence-electron chi connectivity index (χ0n) is 8.59. The summed E-state index contributed by atoms with van der Waals surface area (Å²) in [5, 5.41) is 11.0. The number of carboxylic acid groups (broad SMARTS) is 1. The minimum atomic E-state index is -0.978. The molecule has 3 rings (SSSR count). The van der Waals surface area contributed by atoms with Gasteiger partial charge in [0.25, 0.3) is 0 Å². The van der Waals surface area contributed by atoms with Crippen LogP contribution in [0.2, 0.25) is 0 Å². The van der Waals surface area contributed by atoms with E-state index in [-0.39, 0.29) is 5.69 Å². The molecule has 1 aromatic carbocycles. The van der Waals surface area contributed by atoms with Crippen LogP contribution < -0.4 is 0 Å². The van der Waals surface area contributed by atoms with E-state index in [0.717, 1.165) is 15.2 Å². The fourth-order valence-electron chi connectivity index (χ4n) is 1.90. The summed E-state index contributed by atoms with van der Waals surface area (Å²) in [5.74, 6) is -0.978. The Morgan fingerprint density at radius 1 is 1.35 bits per heavy atom. The summed E-state index contributed by atoms with van der Waals surface area (Å²) < 4.78 is 2.57.